The minimum atomic E-state index is -0.195. The number of rotatable bonds is 3. The molecule has 4 heteroatoms. The van der Waals surface area contributed by atoms with Crippen LogP contribution >= 0.6 is 12.2 Å². The Kier molecular flexibility index (Phi) is 3.24. The molecule has 3 rings (SSSR count). The van der Waals surface area contributed by atoms with Crippen molar-refractivity contribution in [3.63, 3.8) is 0 Å². The van der Waals surface area contributed by atoms with Crippen LogP contribution in [-0.2, 0) is 6.54 Å². The van der Waals surface area contributed by atoms with Gasteiger partial charge in [-0.2, -0.15) is 0 Å². The Morgan fingerprint density at radius 3 is 2.70 bits per heavy atom. The zero-order valence-electron chi connectivity index (χ0n) is 10.7. The molecule has 0 spiro atoms. The molecule has 2 aromatic carbocycles. The van der Waals surface area contributed by atoms with Gasteiger partial charge >= 0.3 is 0 Å². The number of benzene rings is 2. The monoisotopic (exact) mass is 284 g/mol. The van der Waals surface area contributed by atoms with Crippen molar-refractivity contribution >= 4 is 28.1 Å². The van der Waals surface area contributed by atoms with Gasteiger partial charge in [0.1, 0.15) is 10.8 Å². The maximum absolute atomic E-state index is 13.7. The maximum Gasteiger partial charge on any atom is 0.128 e. The lowest BCUT2D eigenvalue weighted by molar-refractivity contribution is 0.602. The van der Waals surface area contributed by atoms with E-state index in [1.807, 2.05) is 41.1 Å². The highest BCUT2D eigenvalue weighted by atomic mass is 32.1. The fraction of sp³-hybridized carbons (Fsp3) is 0.0625. The van der Waals surface area contributed by atoms with Gasteiger partial charge in [0.15, 0.2) is 0 Å². The zero-order chi connectivity index (χ0) is 14.1. The molecule has 0 fully saturated rings. The Hall–Kier alpha value is -2.20. The largest absolute Gasteiger partial charge is 0.389 e. The fourth-order valence-corrected chi connectivity index (χ4v) is 2.41. The normalized spacial score (nSPS) is 10.8. The smallest absolute Gasteiger partial charge is 0.128 e. The first kappa shape index (κ1) is 12.8. The molecule has 0 radical (unpaired) electrons. The molecule has 100 valence electrons. The fourth-order valence-electron chi connectivity index (χ4n) is 2.29. The molecule has 0 saturated heterocycles. The molecule has 20 heavy (non-hydrogen) atoms. The van der Waals surface area contributed by atoms with E-state index in [-0.39, 0.29) is 5.82 Å². The van der Waals surface area contributed by atoms with Crippen molar-refractivity contribution in [1.29, 1.82) is 0 Å². The predicted molar refractivity (Wildman–Crippen MR) is 83.3 cm³/mol. The number of fused-ring (bicyclic) bond motifs is 1. The first-order chi connectivity index (χ1) is 9.65. The average molecular weight is 284 g/mol. The Labute approximate surface area is 121 Å². The molecule has 1 aromatic heterocycles. The molecule has 0 bridgehead atoms. The van der Waals surface area contributed by atoms with Crippen molar-refractivity contribution in [2.45, 2.75) is 6.54 Å². The molecule has 0 aliphatic heterocycles. The number of hydrogen-bond acceptors (Lipinski definition) is 1. The van der Waals surface area contributed by atoms with E-state index in [4.69, 9.17) is 18.0 Å². The van der Waals surface area contributed by atoms with Gasteiger partial charge in [0.2, 0.25) is 0 Å². The van der Waals surface area contributed by atoms with Crippen molar-refractivity contribution in [1.82, 2.24) is 4.57 Å². The Bertz CT molecular complexity index is 792. The number of thiocarbonyl (C=S) groups is 1. The van der Waals surface area contributed by atoms with E-state index in [1.54, 1.807) is 12.1 Å². The lowest BCUT2D eigenvalue weighted by Gasteiger charge is -2.08. The predicted octanol–water partition coefficient (Wildman–Crippen LogP) is 3.46. The summed E-state index contributed by atoms with van der Waals surface area (Å²) in [5.41, 5.74) is 8.14. The van der Waals surface area contributed by atoms with Gasteiger partial charge in [0.25, 0.3) is 0 Å². The zero-order valence-corrected chi connectivity index (χ0v) is 11.5. The van der Waals surface area contributed by atoms with Crippen molar-refractivity contribution in [3.05, 3.63) is 71.7 Å². The van der Waals surface area contributed by atoms with E-state index in [1.165, 1.54) is 6.07 Å². The quantitative estimate of drug-likeness (QED) is 0.747. The van der Waals surface area contributed by atoms with Gasteiger partial charge in [-0.3, -0.25) is 0 Å². The van der Waals surface area contributed by atoms with Crippen molar-refractivity contribution < 1.29 is 4.39 Å². The van der Waals surface area contributed by atoms with Crippen molar-refractivity contribution in [3.8, 4) is 0 Å². The molecule has 0 aliphatic rings. The van der Waals surface area contributed by atoms with Crippen LogP contribution in [0.15, 0.2) is 54.7 Å². The molecular weight excluding hydrogens is 271 g/mol. The van der Waals surface area contributed by atoms with E-state index in [2.05, 4.69) is 0 Å². The molecule has 2 N–H and O–H groups in total. The first-order valence-electron chi connectivity index (χ1n) is 6.27. The average Bonchev–Trinajstić information content (AvgIpc) is 2.84. The van der Waals surface area contributed by atoms with Crippen LogP contribution in [0.2, 0.25) is 0 Å². The third kappa shape index (κ3) is 2.30. The second kappa shape index (κ2) is 5.06. The summed E-state index contributed by atoms with van der Waals surface area (Å²) in [6.07, 6.45) is 1.94. The lowest BCUT2D eigenvalue weighted by Crippen LogP contribution is -2.09. The molecule has 0 atom stereocenters. The van der Waals surface area contributed by atoms with E-state index >= 15 is 0 Å². The van der Waals surface area contributed by atoms with Gasteiger partial charge in [-0.1, -0.05) is 42.5 Å². The number of aromatic nitrogens is 1. The van der Waals surface area contributed by atoms with Crippen molar-refractivity contribution in [2.24, 2.45) is 5.73 Å². The summed E-state index contributed by atoms with van der Waals surface area (Å²) < 4.78 is 15.7. The topological polar surface area (TPSA) is 30.9 Å². The van der Waals surface area contributed by atoms with Gasteiger partial charge in [-0.05, 0) is 23.6 Å². The van der Waals surface area contributed by atoms with Crippen LogP contribution in [0, 0.1) is 5.82 Å². The Morgan fingerprint density at radius 2 is 1.95 bits per heavy atom. The molecule has 0 aliphatic carbocycles. The standard InChI is InChI=1S/C16H13FN2S/c17-14-4-2-1-3-13(14)10-19-8-7-11-5-6-12(16(18)20)9-15(11)19/h1-9H,10H2,(H2,18,20). The van der Waals surface area contributed by atoms with Gasteiger partial charge in [0.05, 0.1) is 6.54 Å². The molecule has 3 aromatic rings. The second-order valence-corrected chi connectivity index (χ2v) is 5.11. The van der Waals surface area contributed by atoms with Crippen LogP contribution < -0.4 is 5.73 Å². The van der Waals surface area contributed by atoms with Crippen molar-refractivity contribution in [2.75, 3.05) is 0 Å². The highest BCUT2D eigenvalue weighted by Gasteiger charge is 2.06. The van der Waals surface area contributed by atoms with Crippen LogP contribution in [0.3, 0.4) is 0 Å². The molecular formula is C16H13FN2S. The van der Waals surface area contributed by atoms with E-state index in [0.717, 1.165) is 16.5 Å². The van der Waals surface area contributed by atoms with Crippen LogP contribution in [0.1, 0.15) is 11.1 Å². The van der Waals surface area contributed by atoms with E-state index < -0.39 is 0 Å². The Balaban J connectivity index is 2.06. The number of hydrogen-bond donors (Lipinski definition) is 1. The molecule has 1 heterocycles. The summed E-state index contributed by atoms with van der Waals surface area (Å²) in [4.78, 5) is 0.366. The van der Waals surface area contributed by atoms with Gasteiger partial charge in [0, 0.05) is 22.8 Å². The third-order valence-corrected chi connectivity index (χ3v) is 3.59. The summed E-state index contributed by atoms with van der Waals surface area (Å²) in [7, 11) is 0. The highest BCUT2D eigenvalue weighted by Crippen LogP contribution is 2.20. The van der Waals surface area contributed by atoms with Crippen LogP contribution in [0.4, 0.5) is 4.39 Å². The van der Waals surface area contributed by atoms with Crippen LogP contribution in [-0.4, -0.2) is 9.56 Å². The molecule has 0 saturated carbocycles. The molecule has 0 unspecified atom stereocenters. The van der Waals surface area contributed by atoms with Gasteiger partial charge in [-0.25, -0.2) is 4.39 Å². The number of nitrogens with two attached hydrogens (primary N) is 1. The first-order valence-corrected chi connectivity index (χ1v) is 6.68. The lowest BCUT2D eigenvalue weighted by atomic mass is 10.1. The molecule has 0 amide bonds. The highest BCUT2D eigenvalue weighted by molar-refractivity contribution is 7.80. The van der Waals surface area contributed by atoms with Gasteiger partial charge in [-0.15, -0.1) is 0 Å². The van der Waals surface area contributed by atoms with Crippen LogP contribution in [0.5, 0.6) is 0 Å². The second-order valence-electron chi connectivity index (χ2n) is 4.67. The number of halogens is 1. The maximum atomic E-state index is 13.7. The van der Waals surface area contributed by atoms with E-state index in [0.29, 0.717) is 17.1 Å². The van der Waals surface area contributed by atoms with E-state index in [9.17, 15) is 4.39 Å². The summed E-state index contributed by atoms with van der Waals surface area (Å²) in [6, 6.07) is 14.6. The number of nitrogens with zero attached hydrogens (tertiary/aromatic N) is 1. The summed E-state index contributed by atoms with van der Waals surface area (Å²) in [6.45, 7) is 0.483. The third-order valence-electron chi connectivity index (χ3n) is 3.36. The van der Waals surface area contributed by atoms with Crippen LogP contribution in [0.25, 0.3) is 10.9 Å². The van der Waals surface area contributed by atoms with Gasteiger partial charge < -0.3 is 10.3 Å². The summed E-state index contributed by atoms with van der Waals surface area (Å²) in [5, 5.41) is 1.08. The minimum Gasteiger partial charge on any atom is -0.389 e. The summed E-state index contributed by atoms with van der Waals surface area (Å²) in [5.74, 6) is -0.195. The minimum absolute atomic E-state index is 0.195. The molecule has 2 nitrogen and oxygen atoms in total. The summed E-state index contributed by atoms with van der Waals surface area (Å²) >= 11 is 5.00. The SMILES string of the molecule is NC(=S)c1ccc2ccn(Cc3ccccc3F)c2c1. The Morgan fingerprint density at radius 1 is 1.15 bits per heavy atom.